The summed E-state index contributed by atoms with van der Waals surface area (Å²) in [5, 5.41) is 0. The van der Waals surface area contributed by atoms with E-state index < -0.39 is 0 Å². The molecule has 0 saturated carbocycles. The third-order valence-corrected chi connectivity index (χ3v) is 2.48. The van der Waals surface area contributed by atoms with Gasteiger partial charge in [0, 0.05) is 10.7 Å². The maximum absolute atomic E-state index is 5.55. The van der Waals surface area contributed by atoms with Gasteiger partial charge in [-0.2, -0.15) is 0 Å². The summed E-state index contributed by atoms with van der Waals surface area (Å²) in [4.78, 5) is 3.98. The van der Waals surface area contributed by atoms with E-state index in [4.69, 9.17) is 4.74 Å². The molecule has 1 aromatic heterocycles. The summed E-state index contributed by atoms with van der Waals surface area (Å²) in [5.74, 6) is 0.792. The SMILES string of the molecule is Brc1ccc(COc2cccnc2)cc1. The Bertz CT molecular complexity index is 413. The van der Waals surface area contributed by atoms with Crippen LogP contribution in [0.1, 0.15) is 5.56 Å². The quantitative estimate of drug-likeness (QED) is 0.847. The molecule has 76 valence electrons. The van der Waals surface area contributed by atoms with Crippen molar-refractivity contribution in [1.82, 2.24) is 4.98 Å². The van der Waals surface area contributed by atoms with Crippen LogP contribution in [0, 0.1) is 0 Å². The predicted molar refractivity (Wildman–Crippen MR) is 62.7 cm³/mol. The molecule has 0 atom stereocenters. The highest BCUT2D eigenvalue weighted by Crippen LogP contribution is 2.13. The number of pyridine rings is 1. The predicted octanol–water partition coefficient (Wildman–Crippen LogP) is 3.42. The maximum atomic E-state index is 5.55. The van der Waals surface area contributed by atoms with E-state index in [1.54, 1.807) is 12.4 Å². The van der Waals surface area contributed by atoms with Crippen molar-refractivity contribution >= 4 is 15.9 Å². The summed E-state index contributed by atoms with van der Waals surface area (Å²) >= 11 is 3.39. The minimum Gasteiger partial charge on any atom is -0.487 e. The smallest absolute Gasteiger partial charge is 0.138 e. The molecule has 0 amide bonds. The van der Waals surface area contributed by atoms with E-state index in [-0.39, 0.29) is 0 Å². The molecule has 2 aromatic rings. The Morgan fingerprint density at radius 1 is 1.13 bits per heavy atom. The van der Waals surface area contributed by atoms with E-state index in [1.165, 1.54) is 0 Å². The molecule has 0 aliphatic rings. The second-order valence-electron chi connectivity index (χ2n) is 3.10. The Hall–Kier alpha value is -1.35. The number of halogens is 1. The minimum atomic E-state index is 0.568. The van der Waals surface area contributed by atoms with Crippen LogP contribution in [0.4, 0.5) is 0 Å². The number of ether oxygens (including phenoxy) is 1. The summed E-state index contributed by atoms with van der Waals surface area (Å²) in [5.41, 5.74) is 1.14. The van der Waals surface area contributed by atoms with Crippen molar-refractivity contribution in [2.75, 3.05) is 0 Å². The lowest BCUT2D eigenvalue weighted by molar-refractivity contribution is 0.305. The van der Waals surface area contributed by atoms with Gasteiger partial charge < -0.3 is 4.74 Å². The highest BCUT2D eigenvalue weighted by Gasteiger charge is 1.95. The molecule has 0 spiro atoms. The molecule has 0 aliphatic carbocycles. The van der Waals surface area contributed by atoms with Crippen LogP contribution in [0.2, 0.25) is 0 Å². The van der Waals surface area contributed by atoms with E-state index in [9.17, 15) is 0 Å². The Balaban J connectivity index is 1.96. The van der Waals surface area contributed by atoms with Crippen LogP contribution < -0.4 is 4.74 Å². The number of nitrogens with zero attached hydrogens (tertiary/aromatic N) is 1. The zero-order chi connectivity index (χ0) is 10.5. The number of rotatable bonds is 3. The molecule has 0 saturated heterocycles. The molecule has 0 aliphatic heterocycles. The van der Waals surface area contributed by atoms with E-state index in [0.717, 1.165) is 15.8 Å². The van der Waals surface area contributed by atoms with Gasteiger partial charge in [0.2, 0.25) is 0 Å². The molecule has 0 unspecified atom stereocenters. The van der Waals surface area contributed by atoms with Crippen molar-refractivity contribution in [3.05, 3.63) is 58.8 Å². The third-order valence-electron chi connectivity index (χ3n) is 1.95. The first kappa shape index (κ1) is 10.2. The number of aromatic nitrogens is 1. The van der Waals surface area contributed by atoms with Gasteiger partial charge in [-0.05, 0) is 29.8 Å². The van der Waals surface area contributed by atoms with Crippen LogP contribution in [0.15, 0.2) is 53.3 Å². The van der Waals surface area contributed by atoms with Crippen LogP contribution in [0.3, 0.4) is 0 Å². The van der Waals surface area contributed by atoms with Crippen molar-refractivity contribution in [3.63, 3.8) is 0 Å². The Labute approximate surface area is 97.1 Å². The largest absolute Gasteiger partial charge is 0.487 e. The average Bonchev–Trinajstić information content (AvgIpc) is 2.30. The van der Waals surface area contributed by atoms with Crippen LogP contribution in [0.25, 0.3) is 0 Å². The Morgan fingerprint density at radius 2 is 1.93 bits per heavy atom. The lowest BCUT2D eigenvalue weighted by Gasteiger charge is -2.05. The van der Waals surface area contributed by atoms with Gasteiger partial charge in [0.05, 0.1) is 6.20 Å². The third kappa shape index (κ3) is 3.06. The van der Waals surface area contributed by atoms with Gasteiger partial charge in [-0.25, -0.2) is 0 Å². The molecular weight excluding hydrogens is 254 g/mol. The molecule has 0 radical (unpaired) electrons. The molecule has 0 bridgehead atoms. The van der Waals surface area contributed by atoms with Crippen LogP contribution >= 0.6 is 15.9 Å². The Kier molecular flexibility index (Phi) is 3.35. The fourth-order valence-corrected chi connectivity index (χ4v) is 1.44. The first-order chi connectivity index (χ1) is 7.34. The lowest BCUT2D eigenvalue weighted by atomic mass is 10.2. The Morgan fingerprint density at radius 3 is 2.60 bits per heavy atom. The first-order valence-corrected chi connectivity index (χ1v) is 5.41. The molecule has 15 heavy (non-hydrogen) atoms. The fourth-order valence-electron chi connectivity index (χ4n) is 1.18. The van der Waals surface area contributed by atoms with Gasteiger partial charge in [-0.15, -0.1) is 0 Å². The topological polar surface area (TPSA) is 22.1 Å². The average molecular weight is 264 g/mol. The number of benzene rings is 1. The lowest BCUT2D eigenvalue weighted by Crippen LogP contribution is -1.94. The zero-order valence-corrected chi connectivity index (χ0v) is 9.65. The summed E-state index contributed by atoms with van der Waals surface area (Å²) in [6.45, 7) is 0.568. The molecule has 3 heteroatoms. The van der Waals surface area contributed by atoms with E-state index >= 15 is 0 Å². The second-order valence-corrected chi connectivity index (χ2v) is 4.02. The van der Waals surface area contributed by atoms with Crippen LogP contribution in [-0.2, 0) is 6.61 Å². The molecule has 2 rings (SSSR count). The second kappa shape index (κ2) is 4.94. The van der Waals surface area contributed by atoms with Gasteiger partial charge in [0.25, 0.3) is 0 Å². The van der Waals surface area contributed by atoms with E-state index in [0.29, 0.717) is 6.61 Å². The highest BCUT2D eigenvalue weighted by molar-refractivity contribution is 9.10. The van der Waals surface area contributed by atoms with Gasteiger partial charge in [0.15, 0.2) is 0 Å². The van der Waals surface area contributed by atoms with Gasteiger partial charge in [-0.3, -0.25) is 4.98 Å². The molecular formula is C12H10BrNO. The van der Waals surface area contributed by atoms with Gasteiger partial charge in [0.1, 0.15) is 12.4 Å². The standard InChI is InChI=1S/C12H10BrNO/c13-11-5-3-10(4-6-11)9-15-12-2-1-7-14-8-12/h1-8H,9H2. The van der Waals surface area contributed by atoms with Crippen molar-refractivity contribution in [3.8, 4) is 5.75 Å². The van der Waals surface area contributed by atoms with E-state index in [2.05, 4.69) is 20.9 Å². The molecule has 0 N–H and O–H groups in total. The van der Waals surface area contributed by atoms with Crippen molar-refractivity contribution in [2.24, 2.45) is 0 Å². The fraction of sp³-hybridized carbons (Fsp3) is 0.0833. The normalized spacial score (nSPS) is 9.93. The highest BCUT2D eigenvalue weighted by atomic mass is 79.9. The molecule has 1 heterocycles. The van der Waals surface area contributed by atoms with Crippen LogP contribution in [0.5, 0.6) is 5.75 Å². The molecule has 2 nitrogen and oxygen atoms in total. The van der Waals surface area contributed by atoms with Crippen LogP contribution in [-0.4, -0.2) is 4.98 Å². The van der Waals surface area contributed by atoms with E-state index in [1.807, 2.05) is 36.4 Å². The summed E-state index contributed by atoms with van der Waals surface area (Å²) in [6.07, 6.45) is 3.44. The minimum absolute atomic E-state index is 0.568. The monoisotopic (exact) mass is 263 g/mol. The first-order valence-electron chi connectivity index (χ1n) is 4.62. The summed E-state index contributed by atoms with van der Waals surface area (Å²) < 4.78 is 6.63. The van der Waals surface area contributed by atoms with Gasteiger partial charge >= 0.3 is 0 Å². The van der Waals surface area contributed by atoms with Crippen molar-refractivity contribution < 1.29 is 4.74 Å². The van der Waals surface area contributed by atoms with Crippen molar-refractivity contribution in [2.45, 2.75) is 6.61 Å². The number of hydrogen-bond acceptors (Lipinski definition) is 2. The summed E-state index contributed by atoms with van der Waals surface area (Å²) in [7, 11) is 0. The van der Waals surface area contributed by atoms with Gasteiger partial charge in [-0.1, -0.05) is 28.1 Å². The maximum Gasteiger partial charge on any atom is 0.138 e. The van der Waals surface area contributed by atoms with Crippen molar-refractivity contribution in [1.29, 1.82) is 0 Å². The zero-order valence-electron chi connectivity index (χ0n) is 8.06. The molecule has 1 aromatic carbocycles. The molecule has 0 fully saturated rings. The number of hydrogen-bond donors (Lipinski definition) is 0. The summed E-state index contributed by atoms with van der Waals surface area (Å²) in [6, 6.07) is 11.8.